The van der Waals surface area contributed by atoms with Crippen LogP contribution >= 0.6 is 0 Å². The molecule has 0 aliphatic carbocycles. The first-order valence-corrected chi connectivity index (χ1v) is 6.55. The molecule has 2 rings (SSSR count). The Morgan fingerprint density at radius 3 is 2.24 bits per heavy atom. The maximum atomic E-state index is 12.0. The van der Waals surface area contributed by atoms with E-state index in [2.05, 4.69) is 10.6 Å². The van der Waals surface area contributed by atoms with Crippen LogP contribution in [0.1, 0.15) is 12.5 Å². The molecule has 0 atom stereocenters. The number of carbonyl (C=O) groups is 2. The number of rotatable bonds is 4. The smallest absolute Gasteiger partial charge is 0.228 e. The van der Waals surface area contributed by atoms with Crippen LogP contribution in [0, 0.1) is 0 Å². The van der Waals surface area contributed by atoms with Crippen LogP contribution in [0.3, 0.4) is 0 Å². The van der Waals surface area contributed by atoms with Gasteiger partial charge in [0.1, 0.15) is 0 Å². The van der Waals surface area contributed by atoms with Crippen LogP contribution < -0.4 is 16.4 Å². The molecule has 2 aromatic carbocycles. The van der Waals surface area contributed by atoms with E-state index in [1.54, 1.807) is 36.4 Å². The number of hydrogen-bond donors (Lipinski definition) is 3. The molecule has 0 saturated carbocycles. The van der Waals surface area contributed by atoms with E-state index in [1.807, 2.05) is 12.1 Å². The molecule has 21 heavy (non-hydrogen) atoms. The van der Waals surface area contributed by atoms with E-state index < -0.39 is 0 Å². The normalized spacial score (nSPS) is 9.95. The molecular weight excluding hydrogens is 266 g/mol. The summed E-state index contributed by atoms with van der Waals surface area (Å²) in [6.07, 6.45) is 0.268. The van der Waals surface area contributed by atoms with Crippen molar-refractivity contribution in [1.29, 1.82) is 0 Å². The molecule has 0 spiro atoms. The number of amides is 2. The lowest BCUT2D eigenvalue weighted by molar-refractivity contribution is -0.115. The van der Waals surface area contributed by atoms with Gasteiger partial charge in [-0.15, -0.1) is 0 Å². The Morgan fingerprint density at radius 1 is 1.00 bits per heavy atom. The second kappa shape index (κ2) is 6.56. The predicted octanol–water partition coefficient (Wildman–Crippen LogP) is 2.41. The van der Waals surface area contributed by atoms with Crippen molar-refractivity contribution in [2.45, 2.75) is 13.3 Å². The molecule has 0 radical (unpaired) electrons. The maximum absolute atomic E-state index is 12.0. The van der Waals surface area contributed by atoms with E-state index in [4.69, 9.17) is 5.73 Å². The molecule has 2 aromatic rings. The SMILES string of the molecule is CC(=O)Nc1cccc(NC(=O)Cc2ccc(N)cc2)c1. The molecule has 2 amide bonds. The first-order chi connectivity index (χ1) is 10.0. The summed E-state index contributed by atoms with van der Waals surface area (Å²) in [5, 5.41) is 5.47. The van der Waals surface area contributed by atoms with Crippen molar-refractivity contribution in [1.82, 2.24) is 0 Å². The van der Waals surface area contributed by atoms with Crippen molar-refractivity contribution in [2.75, 3.05) is 16.4 Å². The monoisotopic (exact) mass is 283 g/mol. The van der Waals surface area contributed by atoms with E-state index in [1.165, 1.54) is 6.92 Å². The lowest BCUT2D eigenvalue weighted by Gasteiger charge is -2.08. The average molecular weight is 283 g/mol. The Balaban J connectivity index is 1.99. The summed E-state index contributed by atoms with van der Waals surface area (Å²) >= 11 is 0. The van der Waals surface area contributed by atoms with Gasteiger partial charge in [0.05, 0.1) is 6.42 Å². The number of carbonyl (C=O) groups excluding carboxylic acids is 2. The highest BCUT2D eigenvalue weighted by Gasteiger charge is 2.05. The third kappa shape index (κ3) is 4.65. The molecule has 0 unspecified atom stereocenters. The Hall–Kier alpha value is -2.82. The second-order valence-corrected chi connectivity index (χ2v) is 4.73. The molecule has 5 nitrogen and oxygen atoms in total. The first kappa shape index (κ1) is 14.6. The first-order valence-electron chi connectivity index (χ1n) is 6.55. The molecule has 0 saturated heterocycles. The molecule has 0 aliphatic heterocycles. The van der Waals surface area contributed by atoms with Gasteiger partial charge in [-0.25, -0.2) is 0 Å². The van der Waals surface area contributed by atoms with E-state index in [9.17, 15) is 9.59 Å². The minimum absolute atomic E-state index is 0.125. The van der Waals surface area contributed by atoms with Gasteiger partial charge < -0.3 is 16.4 Å². The van der Waals surface area contributed by atoms with E-state index >= 15 is 0 Å². The molecule has 5 heteroatoms. The van der Waals surface area contributed by atoms with Crippen molar-refractivity contribution in [2.24, 2.45) is 0 Å². The lowest BCUT2D eigenvalue weighted by Crippen LogP contribution is -2.14. The lowest BCUT2D eigenvalue weighted by atomic mass is 10.1. The van der Waals surface area contributed by atoms with Crippen LogP contribution in [0.2, 0.25) is 0 Å². The standard InChI is InChI=1S/C16H17N3O2/c1-11(20)18-14-3-2-4-15(10-14)19-16(21)9-12-5-7-13(17)8-6-12/h2-8,10H,9,17H2,1H3,(H,18,20)(H,19,21). The predicted molar refractivity (Wildman–Crippen MR) is 83.9 cm³/mol. The summed E-state index contributed by atoms with van der Waals surface area (Å²) in [7, 11) is 0. The minimum Gasteiger partial charge on any atom is -0.399 e. The van der Waals surface area contributed by atoms with Crippen molar-refractivity contribution >= 4 is 28.9 Å². The molecular formula is C16H17N3O2. The summed E-state index contributed by atoms with van der Waals surface area (Å²) in [5.41, 5.74) is 8.45. The molecule has 0 bridgehead atoms. The number of hydrogen-bond acceptors (Lipinski definition) is 3. The Bertz CT molecular complexity index is 651. The van der Waals surface area contributed by atoms with Crippen molar-refractivity contribution in [3.05, 3.63) is 54.1 Å². The van der Waals surface area contributed by atoms with Crippen molar-refractivity contribution in [3.63, 3.8) is 0 Å². The van der Waals surface area contributed by atoms with Crippen LogP contribution in [-0.2, 0) is 16.0 Å². The average Bonchev–Trinajstić information content (AvgIpc) is 2.41. The van der Waals surface area contributed by atoms with Gasteiger partial charge in [0.25, 0.3) is 0 Å². The number of nitrogen functional groups attached to an aromatic ring is 1. The summed E-state index contributed by atoms with van der Waals surface area (Å²) < 4.78 is 0. The number of benzene rings is 2. The van der Waals surface area contributed by atoms with E-state index in [-0.39, 0.29) is 18.2 Å². The highest BCUT2D eigenvalue weighted by molar-refractivity contribution is 5.94. The fourth-order valence-electron chi connectivity index (χ4n) is 1.90. The van der Waals surface area contributed by atoms with Gasteiger partial charge in [0.2, 0.25) is 11.8 Å². The molecule has 0 fully saturated rings. The van der Waals surface area contributed by atoms with E-state index in [0.29, 0.717) is 17.1 Å². The van der Waals surface area contributed by atoms with Crippen LogP contribution in [0.25, 0.3) is 0 Å². The number of nitrogens with one attached hydrogen (secondary N) is 2. The molecule has 0 heterocycles. The zero-order valence-corrected chi connectivity index (χ0v) is 11.7. The van der Waals surface area contributed by atoms with Gasteiger partial charge in [0, 0.05) is 24.0 Å². The summed E-state index contributed by atoms with van der Waals surface area (Å²) in [4.78, 5) is 23.0. The molecule has 108 valence electrons. The Morgan fingerprint density at radius 2 is 1.62 bits per heavy atom. The van der Waals surface area contributed by atoms with Gasteiger partial charge in [-0.05, 0) is 35.9 Å². The quantitative estimate of drug-likeness (QED) is 0.753. The van der Waals surface area contributed by atoms with Gasteiger partial charge in [-0.1, -0.05) is 18.2 Å². The molecule has 0 aliphatic rings. The van der Waals surface area contributed by atoms with Crippen molar-refractivity contribution in [3.8, 4) is 0 Å². The Kier molecular flexibility index (Phi) is 4.56. The molecule has 4 N–H and O–H groups in total. The van der Waals surface area contributed by atoms with Gasteiger partial charge in [-0.2, -0.15) is 0 Å². The Labute approximate surface area is 123 Å². The largest absolute Gasteiger partial charge is 0.399 e. The van der Waals surface area contributed by atoms with Crippen molar-refractivity contribution < 1.29 is 9.59 Å². The number of nitrogens with two attached hydrogens (primary N) is 1. The maximum Gasteiger partial charge on any atom is 0.228 e. The van der Waals surface area contributed by atoms with Crippen LogP contribution in [0.5, 0.6) is 0 Å². The summed E-state index contributed by atoms with van der Waals surface area (Å²) in [6.45, 7) is 1.44. The third-order valence-electron chi connectivity index (χ3n) is 2.81. The minimum atomic E-state index is -0.152. The fraction of sp³-hybridized carbons (Fsp3) is 0.125. The number of anilines is 3. The van der Waals surface area contributed by atoms with Gasteiger partial charge >= 0.3 is 0 Å². The van der Waals surface area contributed by atoms with E-state index in [0.717, 1.165) is 5.56 Å². The van der Waals surface area contributed by atoms with Gasteiger partial charge in [-0.3, -0.25) is 9.59 Å². The third-order valence-corrected chi connectivity index (χ3v) is 2.81. The highest BCUT2D eigenvalue weighted by atomic mass is 16.2. The zero-order valence-electron chi connectivity index (χ0n) is 11.7. The second-order valence-electron chi connectivity index (χ2n) is 4.73. The fourth-order valence-corrected chi connectivity index (χ4v) is 1.90. The van der Waals surface area contributed by atoms with Gasteiger partial charge in [0.15, 0.2) is 0 Å². The topological polar surface area (TPSA) is 84.2 Å². The summed E-state index contributed by atoms with van der Waals surface area (Å²) in [6, 6.07) is 14.2. The molecule has 0 aromatic heterocycles. The van der Waals surface area contributed by atoms with Crippen LogP contribution in [0.4, 0.5) is 17.1 Å². The zero-order chi connectivity index (χ0) is 15.2. The summed E-state index contributed by atoms with van der Waals surface area (Å²) in [5.74, 6) is -0.278. The van der Waals surface area contributed by atoms with Crippen LogP contribution in [0.15, 0.2) is 48.5 Å². The van der Waals surface area contributed by atoms with Crippen LogP contribution in [-0.4, -0.2) is 11.8 Å². The highest BCUT2D eigenvalue weighted by Crippen LogP contribution is 2.15.